The largest absolute Gasteiger partial charge is 0.348 e. The van der Waals surface area contributed by atoms with E-state index in [1.54, 1.807) is 0 Å². The van der Waals surface area contributed by atoms with Gasteiger partial charge in [-0.1, -0.05) is 19.3 Å². The standard InChI is InChI=1S/C6H14NO3P/c7-10-11(8)9-6-4-2-1-3-5-6/h6,8H,1-5,7H2. The van der Waals surface area contributed by atoms with Crippen molar-refractivity contribution < 1.29 is 14.0 Å². The van der Waals surface area contributed by atoms with E-state index in [1.165, 1.54) is 19.3 Å². The van der Waals surface area contributed by atoms with Crippen LogP contribution >= 0.6 is 8.60 Å². The van der Waals surface area contributed by atoms with Crippen LogP contribution in [0.3, 0.4) is 0 Å². The summed E-state index contributed by atoms with van der Waals surface area (Å²) in [5.74, 6) is 4.74. The van der Waals surface area contributed by atoms with Gasteiger partial charge in [-0.05, 0) is 12.8 Å². The molecule has 1 aliphatic rings. The van der Waals surface area contributed by atoms with Crippen LogP contribution in [0.5, 0.6) is 0 Å². The van der Waals surface area contributed by atoms with Gasteiger partial charge in [-0.2, -0.15) is 0 Å². The zero-order valence-electron chi connectivity index (χ0n) is 6.40. The lowest BCUT2D eigenvalue weighted by molar-refractivity contribution is 0.115. The second kappa shape index (κ2) is 5.01. The van der Waals surface area contributed by atoms with Gasteiger partial charge in [0, 0.05) is 0 Å². The van der Waals surface area contributed by atoms with Crippen molar-refractivity contribution in [3.05, 3.63) is 0 Å². The minimum atomic E-state index is -1.82. The molecule has 1 aliphatic carbocycles. The van der Waals surface area contributed by atoms with Crippen LogP contribution < -0.4 is 5.90 Å². The van der Waals surface area contributed by atoms with E-state index < -0.39 is 8.60 Å². The van der Waals surface area contributed by atoms with E-state index in [1.807, 2.05) is 0 Å². The molecule has 0 heterocycles. The summed E-state index contributed by atoms with van der Waals surface area (Å²) in [6.45, 7) is 0. The van der Waals surface area contributed by atoms with Gasteiger partial charge < -0.3 is 9.42 Å². The molecular weight excluding hydrogens is 165 g/mol. The maximum atomic E-state index is 8.91. The molecule has 5 heteroatoms. The Morgan fingerprint density at radius 1 is 1.27 bits per heavy atom. The Morgan fingerprint density at radius 3 is 2.45 bits per heavy atom. The van der Waals surface area contributed by atoms with E-state index >= 15 is 0 Å². The van der Waals surface area contributed by atoms with Crippen molar-refractivity contribution in [1.29, 1.82) is 0 Å². The van der Waals surface area contributed by atoms with Crippen molar-refractivity contribution in [1.82, 2.24) is 0 Å². The molecule has 0 aliphatic heterocycles. The van der Waals surface area contributed by atoms with Crippen molar-refractivity contribution in [3.8, 4) is 0 Å². The summed E-state index contributed by atoms with van der Waals surface area (Å²) < 4.78 is 9.26. The summed E-state index contributed by atoms with van der Waals surface area (Å²) in [6, 6.07) is 0. The Bertz CT molecular complexity index is 108. The second-order valence-corrected chi connectivity index (χ2v) is 3.61. The first-order chi connectivity index (χ1) is 5.33. The van der Waals surface area contributed by atoms with E-state index in [9.17, 15) is 0 Å². The molecular formula is C6H14NO3P. The predicted molar refractivity (Wildman–Crippen MR) is 42.4 cm³/mol. The lowest BCUT2D eigenvalue weighted by Gasteiger charge is -2.22. The zero-order chi connectivity index (χ0) is 8.10. The quantitative estimate of drug-likeness (QED) is 0.508. The van der Waals surface area contributed by atoms with Crippen LogP contribution in [0, 0.1) is 0 Å². The Labute approximate surface area is 67.6 Å². The minimum Gasteiger partial charge on any atom is -0.327 e. The Morgan fingerprint density at radius 2 is 1.91 bits per heavy atom. The molecule has 1 saturated carbocycles. The maximum Gasteiger partial charge on any atom is 0.348 e. The first-order valence-corrected chi connectivity index (χ1v) is 4.98. The number of rotatable bonds is 3. The van der Waals surface area contributed by atoms with Crippen molar-refractivity contribution in [3.63, 3.8) is 0 Å². The van der Waals surface area contributed by atoms with Gasteiger partial charge in [-0.3, -0.25) is 0 Å². The first-order valence-electron chi connectivity index (χ1n) is 3.85. The molecule has 4 nitrogen and oxygen atoms in total. The second-order valence-electron chi connectivity index (χ2n) is 2.71. The molecule has 0 spiro atoms. The Kier molecular flexibility index (Phi) is 4.26. The van der Waals surface area contributed by atoms with Crippen molar-refractivity contribution in [2.24, 2.45) is 5.90 Å². The monoisotopic (exact) mass is 179 g/mol. The molecule has 1 fully saturated rings. The fourth-order valence-electron chi connectivity index (χ4n) is 1.32. The van der Waals surface area contributed by atoms with Gasteiger partial charge in [0.1, 0.15) is 0 Å². The van der Waals surface area contributed by atoms with Gasteiger partial charge in [0.25, 0.3) is 0 Å². The third kappa shape index (κ3) is 3.45. The van der Waals surface area contributed by atoms with Crippen LogP contribution in [-0.2, 0) is 9.15 Å². The SMILES string of the molecule is NOP(O)OC1CCCCC1. The highest BCUT2D eigenvalue weighted by Crippen LogP contribution is 2.36. The fourth-order valence-corrected chi connectivity index (χ4v) is 1.84. The van der Waals surface area contributed by atoms with E-state index in [0.29, 0.717) is 0 Å². The molecule has 11 heavy (non-hydrogen) atoms. The minimum absolute atomic E-state index is 0.156. The number of nitrogens with two attached hydrogens (primary N) is 1. The van der Waals surface area contributed by atoms with E-state index in [4.69, 9.17) is 15.3 Å². The summed E-state index contributed by atoms with van der Waals surface area (Å²) in [5, 5.41) is 0. The molecule has 0 saturated heterocycles. The van der Waals surface area contributed by atoms with Crippen molar-refractivity contribution in [2.45, 2.75) is 38.2 Å². The average Bonchev–Trinajstić information content (AvgIpc) is 2.06. The average molecular weight is 179 g/mol. The van der Waals surface area contributed by atoms with Gasteiger partial charge in [-0.25, -0.2) is 10.5 Å². The highest BCUT2D eigenvalue weighted by molar-refractivity contribution is 7.40. The molecule has 0 aromatic carbocycles. The van der Waals surface area contributed by atoms with Gasteiger partial charge in [0.2, 0.25) is 0 Å². The third-order valence-electron chi connectivity index (χ3n) is 1.88. The predicted octanol–water partition coefficient (Wildman–Crippen LogP) is 1.45. The van der Waals surface area contributed by atoms with E-state index in [2.05, 4.69) is 4.62 Å². The smallest absolute Gasteiger partial charge is 0.327 e. The molecule has 1 atom stereocenters. The topological polar surface area (TPSA) is 64.7 Å². The normalized spacial score (nSPS) is 23.5. The third-order valence-corrected chi connectivity index (χ3v) is 2.54. The summed E-state index contributed by atoms with van der Waals surface area (Å²) in [7, 11) is -1.82. The van der Waals surface area contributed by atoms with E-state index in [-0.39, 0.29) is 6.10 Å². The number of hydrogen-bond donors (Lipinski definition) is 2. The molecule has 0 radical (unpaired) electrons. The zero-order valence-corrected chi connectivity index (χ0v) is 7.30. The molecule has 66 valence electrons. The lowest BCUT2D eigenvalue weighted by Crippen LogP contribution is -2.15. The highest BCUT2D eigenvalue weighted by atomic mass is 31.2. The Hall–Kier alpha value is 0.270. The first kappa shape index (κ1) is 9.36. The van der Waals surface area contributed by atoms with Crippen LogP contribution in [0.1, 0.15) is 32.1 Å². The van der Waals surface area contributed by atoms with Crippen LogP contribution in [-0.4, -0.2) is 11.0 Å². The van der Waals surface area contributed by atoms with Crippen LogP contribution in [0.2, 0.25) is 0 Å². The summed E-state index contributed by atoms with van der Waals surface area (Å²) in [4.78, 5) is 8.91. The van der Waals surface area contributed by atoms with Gasteiger partial charge in [0.15, 0.2) is 0 Å². The molecule has 0 aromatic rings. The molecule has 0 bridgehead atoms. The Balaban J connectivity index is 2.13. The summed E-state index contributed by atoms with van der Waals surface area (Å²) >= 11 is 0. The fraction of sp³-hybridized carbons (Fsp3) is 1.00. The van der Waals surface area contributed by atoms with E-state index in [0.717, 1.165) is 12.8 Å². The molecule has 0 amide bonds. The van der Waals surface area contributed by atoms with Crippen LogP contribution in [0.4, 0.5) is 0 Å². The van der Waals surface area contributed by atoms with Crippen LogP contribution in [0.15, 0.2) is 0 Å². The molecule has 1 rings (SSSR count). The highest BCUT2D eigenvalue weighted by Gasteiger charge is 2.18. The van der Waals surface area contributed by atoms with Crippen LogP contribution in [0.25, 0.3) is 0 Å². The van der Waals surface area contributed by atoms with Gasteiger partial charge in [0.05, 0.1) is 6.10 Å². The molecule has 3 N–H and O–H groups in total. The van der Waals surface area contributed by atoms with Gasteiger partial charge >= 0.3 is 8.60 Å². The van der Waals surface area contributed by atoms with Crippen molar-refractivity contribution >= 4 is 8.60 Å². The molecule has 0 aromatic heterocycles. The summed E-state index contributed by atoms with van der Waals surface area (Å²) in [6.07, 6.45) is 5.82. The van der Waals surface area contributed by atoms with Crippen molar-refractivity contribution in [2.75, 3.05) is 0 Å². The number of hydrogen-bond acceptors (Lipinski definition) is 4. The van der Waals surface area contributed by atoms with Gasteiger partial charge in [-0.15, -0.1) is 0 Å². The summed E-state index contributed by atoms with van der Waals surface area (Å²) in [5.41, 5.74) is 0. The molecule has 1 unspecified atom stereocenters. The maximum absolute atomic E-state index is 8.91. The lowest BCUT2D eigenvalue weighted by atomic mass is 9.98.